The molecular weight excluding hydrogens is 362 g/mol. The second-order valence-electron chi connectivity index (χ2n) is 8.09. The van der Waals surface area contributed by atoms with Crippen LogP contribution in [0, 0.1) is 17.8 Å². The molecule has 2 bridgehead atoms. The quantitative estimate of drug-likeness (QED) is 0.454. The zero-order valence-electron chi connectivity index (χ0n) is 18.2. The molecule has 0 aliphatic heterocycles. The van der Waals surface area contributed by atoms with Gasteiger partial charge in [0, 0.05) is 0 Å². The number of hydrogen-bond donors (Lipinski definition) is 1. The number of methoxy groups -OCH3 is 1. The van der Waals surface area contributed by atoms with Crippen molar-refractivity contribution in [1.29, 1.82) is 0 Å². The molecule has 3 atom stereocenters. The molecule has 0 heterocycles. The molecule has 0 aromatic rings. The van der Waals surface area contributed by atoms with E-state index in [1.165, 1.54) is 52.1 Å². The summed E-state index contributed by atoms with van der Waals surface area (Å²) in [5.74, 6) is 4.73. The maximum absolute atomic E-state index is 10.9. The number of rotatable bonds is 7. The van der Waals surface area contributed by atoms with Crippen LogP contribution in [0.4, 0.5) is 4.79 Å². The number of thioether (sulfide) groups is 1. The lowest BCUT2D eigenvalue weighted by Crippen LogP contribution is -2.27. The van der Waals surface area contributed by atoms with Gasteiger partial charge < -0.3 is 15.2 Å². The molecule has 0 aromatic carbocycles. The number of nitrogens with two attached hydrogens (primary N) is 1. The van der Waals surface area contributed by atoms with Crippen LogP contribution in [0.25, 0.3) is 0 Å². The fraction of sp³-hybridized carbons (Fsp3) is 0.905. The average molecular weight is 404 g/mol. The molecule has 3 unspecified atom stereocenters. The summed E-state index contributed by atoms with van der Waals surface area (Å²) in [6, 6.07) is 0. The Morgan fingerprint density at radius 1 is 1.11 bits per heavy atom. The predicted octanol–water partition coefficient (Wildman–Crippen LogP) is 5.41. The normalized spacial score (nSPS) is 22.8. The highest BCUT2D eigenvalue weighted by Crippen LogP contribution is 2.49. The van der Waals surface area contributed by atoms with Gasteiger partial charge in [-0.15, -0.1) is 0 Å². The highest BCUT2D eigenvalue weighted by molar-refractivity contribution is 7.99. The summed E-state index contributed by atoms with van der Waals surface area (Å²) in [5.41, 5.74) is 4.26. The predicted molar refractivity (Wildman–Crippen MR) is 114 cm³/mol. The number of unbranched alkanes of at least 4 members (excludes halogenated alkanes) is 1. The molecule has 2 aliphatic carbocycles. The first-order valence-corrected chi connectivity index (χ1v) is 11.5. The zero-order chi connectivity index (χ0) is 20.9. The van der Waals surface area contributed by atoms with Gasteiger partial charge in [0.05, 0.1) is 12.9 Å². The molecule has 6 heteroatoms. The molecule has 2 saturated carbocycles. The monoisotopic (exact) mass is 403 g/mol. The summed E-state index contributed by atoms with van der Waals surface area (Å²) in [5, 5.41) is 0. The molecule has 27 heavy (non-hydrogen) atoms. The van der Waals surface area contributed by atoms with Crippen molar-refractivity contribution in [2.45, 2.75) is 85.2 Å². The first-order chi connectivity index (χ1) is 12.7. The van der Waals surface area contributed by atoms with Crippen molar-refractivity contribution in [3.05, 3.63) is 0 Å². The Labute approximate surface area is 170 Å². The van der Waals surface area contributed by atoms with Gasteiger partial charge in [-0.3, -0.25) is 4.79 Å². The van der Waals surface area contributed by atoms with Gasteiger partial charge in [-0.05, 0) is 70.0 Å². The van der Waals surface area contributed by atoms with Crippen LogP contribution in [0.2, 0.25) is 0 Å². The molecule has 2 aliphatic rings. The zero-order valence-corrected chi connectivity index (χ0v) is 19.0. The number of fused-ring (bicyclic) bond motifs is 2. The summed E-state index contributed by atoms with van der Waals surface area (Å²) in [6.45, 7) is 9.28. The van der Waals surface area contributed by atoms with E-state index in [9.17, 15) is 9.59 Å². The van der Waals surface area contributed by atoms with Gasteiger partial charge in [0.25, 0.3) is 0 Å². The van der Waals surface area contributed by atoms with E-state index in [1.807, 2.05) is 13.8 Å². The maximum atomic E-state index is 10.9. The highest BCUT2D eigenvalue weighted by atomic mass is 32.2. The summed E-state index contributed by atoms with van der Waals surface area (Å²) in [7, 11) is 1.46. The third-order valence-electron chi connectivity index (χ3n) is 4.85. The lowest BCUT2D eigenvalue weighted by Gasteiger charge is -2.21. The second-order valence-corrected chi connectivity index (χ2v) is 9.20. The molecule has 5 nitrogen and oxygen atoms in total. The van der Waals surface area contributed by atoms with Crippen molar-refractivity contribution in [3.8, 4) is 0 Å². The van der Waals surface area contributed by atoms with Crippen molar-refractivity contribution >= 4 is 23.8 Å². The SMILES string of the molecule is CC.CC(C)(C)OC(N)=O.COC(=O)CSCCCCC1CC2CCC1C2. The number of esters is 1. The van der Waals surface area contributed by atoms with Gasteiger partial charge >= 0.3 is 12.1 Å². The minimum absolute atomic E-state index is 0.0943. The van der Waals surface area contributed by atoms with Crippen LogP contribution in [0.15, 0.2) is 0 Å². The standard InChI is InChI=1S/C14H24O2S.C5H11NO2.C2H6/c1-16-14(15)10-17-7-3-2-4-12-8-11-5-6-13(12)9-11;1-5(2,3)8-4(6)7;1-2/h11-13H,2-10H2,1H3;1-3H3,(H2,6,7);1-2H3. The van der Waals surface area contributed by atoms with Crippen molar-refractivity contribution in [2.24, 2.45) is 23.5 Å². The first-order valence-electron chi connectivity index (χ1n) is 10.3. The van der Waals surface area contributed by atoms with Crippen LogP contribution in [-0.2, 0) is 14.3 Å². The summed E-state index contributed by atoms with van der Waals surface area (Å²) >= 11 is 1.71. The van der Waals surface area contributed by atoms with Crippen LogP contribution >= 0.6 is 11.8 Å². The number of primary amides is 1. The third kappa shape index (κ3) is 13.0. The minimum Gasteiger partial charge on any atom is -0.468 e. The van der Waals surface area contributed by atoms with E-state index in [-0.39, 0.29) is 5.97 Å². The Balaban J connectivity index is 0.000000574. The van der Waals surface area contributed by atoms with Gasteiger partial charge in [0.15, 0.2) is 0 Å². The highest BCUT2D eigenvalue weighted by Gasteiger charge is 2.38. The molecule has 0 aromatic heterocycles. The number of hydrogen-bond acceptors (Lipinski definition) is 5. The van der Waals surface area contributed by atoms with Crippen LogP contribution in [0.5, 0.6) is 0 Å². The topological polar surface area (TPSA) is 78.6 Å². The maximum Gasteiger partial charge on any atom is 0.405 e. The van der Waals surface area contributed by atoms with Crippen molar-refractivity contribution in [3.63, 3.8) is 0 Å². The largest absolute Gasteiger partial charge is 0.468 e. The molecule has 2 rings (SSSR count). The Morgan fingerprint density at radius 2 is 1.78 bits per heavy atom. The number of ether oxygens (including phenoxy) is 2. The Morgan fingerprint density at radius 3 is 2.19 bits per heavy atom. The van der Waals surface area contributed by atoms with Crippen LogP contribution in [0.3, 0.4) is 0 Å². The molecular formula is C21H41NO4S. The van der Waals surface area contributed by atoms with Gasteiger partial charge in [-0.2, -0.15) is 11.8 Å². The van der Waals surface area contributed by atoms with E-state index in [2.05, 4.69) is 9.47 Å². The lowest BCUT2D eigenvalue weighted by atomic mass is 9.85. The lowest BCUT2D eigenvalue weighted by molar-refractivity contribution is -0.137. The fourth-order valence-corrected chi connectivity index (χ4v) is 4.69. The number of carbonyl (C=O) groups excluding carboxylic acids is 2. The van der Waals surface area contributed by atoms with E-state index < -0.39 is 11.7 Å². The molecule has 1 amide bonds. The van der Waals surface area contributed by atoms with Gasteiger partial charge in [-0.25, -0.2) is 4.79 Å². The molecule has 0 spiro atoms. The van der Waals surface area contributed by atoms with Crippen molar-refractivity contribution in [1.82, 2.24) is 0 Å². The molecule has 0 saturated heterocycles. The van der Waals surface area contributed by atoms with Gasteiger partial charge in [-0.1, -0.05) is 33.1 Å². The molecule has 2 fully saturated rings. The Bertz CT molecular complexity index is 423. The van der Waals surface area contributed by atoms with Crippen molar-refractivity contribution < 1.29 is 19.1 Å². The smallest absolute Gasteiger partial charge is 0.405 e. The molecule has 0 radical (unpaired) electrons. The fourth-order valence-electron chi connectivity index (χ4n) is 3.86. The molecule has 160 valence electrons. The van der Waals surface area contributed by atoms with Crippen LogP contribution in [0.1, 0.15) is 79.6 Å². The third-order valence-corrected chi connectivity index (χ3v) is 5.87. The van der Waals surface area contributed by atoms with E-state index in [1.54, 1.807) is 32.5 Å². The first kappa shape index (κ1) is 26.1. The van der Waals surface area contributed by atoms with Gasteiger partial charge in [0.2, 0.25) is 0 Å². The minimum atomic E-state index is -0.725. The molecule has 2 N–H and O–H groups in total. The summed E-state index contributed by atoms with van der Waals surface area (Å²) < 4.78 is 9.19. The number of amides is 1. The van der Waals surface area contributed by atoms with Gasteiger partial charge in [0.1, 0.15) is 5.60 Å². The van der Waals surface area contributed by atoms with E-state index >= 15 is 0 Å². The van der Waals surface area contributed by atoms with Crippen LogP contribution in [-0.4, -0.2) is 36.3 Å². The van der Waals surface area contributed by atoms with E-state index in [0.717, 1.165) is 23.5 Å². The summed E-state index contributed by atoms with van der Waals surface area (Å²) in [6.07, 6.45) is 9.37. The number of carbonyl (C=O) groups is 2. The Kier molecular flexibility index (Phi) is 13.7. The van der Waals surface area contributed by atoms with Crippen LogP contribution < -0.4 is 5.73 Å². The Hall–Kier alpha value is -0.910. The summed E-state index contributed by atoms with van der Waals surface area (Å²) in [4.78, 5) is 20.9. The second kappa shape index (κ2) is 14.1. The van der Waals surface area contributed by atoms with E-state index in [0.29, 0.717) is 5.75 Å². The van der Waals surface area contributed by atoms with Crippen molar-refractivity contribution in [2.75, 3.05) is 18.6 Å². The average Bonchev–Trinajstić information content (AvgIpc) is 3.20. The van der Waals surface area contributed by atoms with E-state index in [4.69, 9.17) is 5.73 Å².